The highest BCUT2D eigenvalue weighted by atomic mass is 32.2. The molecule has 0 radical (unpaired) electrons. The monoisotopic (exact) mass is 750 g/mol. The summed E-state index contributed by atoms with van der Waals surface area (Å²) in [7, 11) is -3.90. The number of pyridine rings is 1. The molecule has 2 aliphatic rings. The molecule has 8 nitrogen and oxygen atoms in total. The molecule has 0 aliphatic carbocycles. The summed E-state index contributed by atoms with van der Waals surface area (Å²) in [6.45, 7) is 10.8. The van der Waals surface area contributed by atoms with Crippen LogP contribution in [0.4, 0.5) is 13.2 Å². The number of ether oxygens (including phenoxy) is 1. The van der Waals surface area contributed by atoms with Crippen molar-refractivity contribution in [2.45, 2.75) is 94.7 Å². The second-order valence-corrected chi connectivity index (χ2v) is 16.9. The normalized spacial score (nSPS) is 17.3. The number of carbonyl (C=O) groups is 1. The maximum atomic E-state index is 14.8. The number of halogens is 3. The number of nitrogens with zero attached hydrogens (tertiary/aromatic N) is 3. The molecule has 4 aromatic rings. The molecule has 0 unspecified atom stereocenters. The first kappa shape index (κ1) is 38.7. The van der Waals surface area contributed by atoms with E-state index in [0.717, 1.165) is 56.7 Å². The van der Waals surface area contributed by atoms with Crippen LogP contribution in [0, 0.1) is 0 Å². The molecule has 3 heterocycles. The van der Waals surface area contributed by atoms with Gasteiger partial charge in [-0.05, 0) is 103 Å². The molecule has 1 aromatic heterocycles. The van der Waals surface area contributed by atoms with Gasteiger partial charge in [0.2, 0.25) is 0 Å². The third-order valence-electron chi connectivity index (χ3n) is 10.6. The van der Waals surface area contributed by atoms with E-state index in [9.17, 15) is 26.4 Å². The first-order chi connectivity index (χ1) is 25.3. The molecule has 2 saturated heterocycles. The van der Waals surface area contributed by atoms with Crippen LogP contribution in [-0.2, 0) is 22.6 Å². The maximum Gasteiger partial charge on any atom is 0.416 e. The van der Waals surface area contributed by atoms with Gasteiger partial charge in [-0.25, -0.2) is 13.4 Å². The SMILES string of the molecule is CCOc1cc2nc(-c3cccc(C(F)(F)F)c3)c(CN3CCC(N4CCCCC4)CC3)c(C(=O)N[C@@H](C)c3ccccc3)c2cc1S(=O)(=O)C(C)C. The zero-order valence-electron chi connectivity index (χ0n) is 30.9. The van der Waals surface area contributed by atoms with E-state index in [-0.39, 0.29) is 46.1 Å². The van der Waals surface area contributed by atoms with E-state index in [1.54, 1.807) is 26.8 Å². The number of alkyl halides is 3. The van der Waals surface area contributed by atoms with Gasteiger partial charge in [0, 0.05) is 35.2 Å². The molecular weight excluding hydrogens is 702 g/mol. The zero-order valence-corrected chi connectivity index (χ0v) is 31.7. The number of nitrogens with one attached hydrogen (secondary N) is 1. The molecule has 0 spiro atoms. The molecule has 2 fully saturated rings. The Balaban J connectivity index is 1.56. The van der Waals surface area contributed by atoms with Gasteiger partial charge in [-0.2, -0.15) is 13.2 Å². The van der Waals surface area contributed by atoms with Crippen molar-refractivity contribution in [3.05, 3.63) is 89.0 Å². The average molecular weight is 751 g/mol. The summed E-state index contributed by atoms with van der Waals surface area (Å²) >= 11 is 0. The summed E-state index contributed by atoms with van der Waals surface area (Å²) in [5.41, 5.74) is 1.36. The van der Waals surface area contributed by atoms with Gasteiger partial charge in [0.1, 0.15) is 10.6 Å². The van der Waals surface area contributed by atoms with E-state index in [0.29, 0.717) is 17.0 Å². The van der Waals surface area contributed by atoms with Gasteiger partial charge in [-0.3, -0.25) is 9.69 Å². The Bertz CT molecular complexity index is 2020. The van der Waals surface area contributed by atoms with Crippen LogP contribution in [0.5, 0.6) is 5.75 Å². The minimum Gasteiger partial charge on any atom is -0.492 e. The topological polar surface area (TPSA) is 91.8 Å². The van der Waals surface area contributed by atoms with Crippen LogP contribution in [0.25, 0.3) is 22.2 Å². The fraction of sp³-hybridized carbons (Fsp3) is 0.463. The van der Waals surface area contributed by atoms with Gasteiger partial charge in [0.05, 0.1) is 40.2 Å². The van der Waals surface area contributed by atoms with E-state index in [1.165, 1.54) is 37.5 Å². The number of sulfone groups is 1. The van der Waals surface area contributed by atoms with Crippen molar-refractivity contribution in [3.8, 4) is 17.0 Å². The molecule has 2 aliphatic heterocycles. The Morgan fingerprint density at radius 3 is 2.28 bits per heavy atom. The second kappa shape index (κ2) is 16.2. The molecule has 0 bridgehead atoms. The standard InChI is InChI=1S/C41H49F3N4O4S/c1-5-52-36-25-35-33(24-37(36)53(50,51)27(2)3)38(40(49)45-28(4)29-13-8-6-9-14-29)34(39(46-35)30-15-12-16-31(23-30)41(42,43)44)26-47-21-17-32(18-22-47)48-19-10-7-11-20-48/h6,8-9,12-16,23-25,27-28,32H,5,7,10-11,17-22,26H2,1-4H3,(H,45,49)/t28-/m0/s1. The summed E-state index contributed by atoms with van der Waals surface area (Å²) in [4.78, 5) is 24.5. The predicted molar refractivity (Wildman–Crippen MR) is 202 cm³/mol. The van der Waals surface area contributed by atoms with E-state index in [2.05, 4.69) is 15.1 Å². The second-order valence-electron chi connectivity index (χ2n) is 14.4. The maximum absolute atomic E-state index is 14.8. The Morgan fingerprint density at radius 1 is 0.943 bits per heavy atom. The number of fused-ring (bicyclic) bond motifs is 1. The first-order valence-electron chi connectivity index (χ1n) is 18.6. The number of aromatic nitrogens is 1. The first-order valence-corrected chi connectivity index (χ1v) is 20.2. The van der Waals surface area contributed by atoms with Crippen LogP contribution in [0.3, 0.4) is 0 Å². The summed E-state index contributed by atoms with van der Waals surface area (Å²) in [5.74, 6) is -0.398. The van der Waals surface area contributed by atoms with Gasteiger partial charge >= 0.3 is 6.18 Å². The van der Waals surface area contributed by atoms with Crippen LogP contribution in [0.1, 0.15) is 92.9 Å². The number of benzene rings is 3. The number of rotatable bonds is 11. The lowest BCUT2D eigenvalue weighted by Crippen LogP contribution is -2.46. The number of piperidine rings is 2. The molecule has 6 rings (SSSR count). The Kier molecular flexibility index (Phi) is 11.8. The van der Waals surface area contributed by atoms with Crippen molar-refractivity contribution in [1.82, 2.24) is 20.1 Å². The van der Waals surface area contributed by atoms with Gasteiger partial charge in [0.25, 0.3) is 5.91 Å². The predicted octanol–water partition coefficient (Wildman–Crippen LogP) is 8.44. The summed E-state index contributed by atoms with van der Waals surface area (Å²) in [6, 6.07) is 17.4. The highest BCUT2D eigenvalue weighted by Crippen LogP contribution is 2.39. The third kappa shape index (κ3) is 8.55. The van der Waals surface area contributed by atoms with Crippen molar-refractivity contribution in [2.75, 3.05) is 32.8 Å². The van der Waals surface area contributed by atoms with E-state index in [4.69, 9.17) is 9.72 Å². The molecule has 53 heavy (non-hydrogen) atoms. The van der Waals surface area contributed by atoms with Crippen molar-refractivity contribution < 1.29 is 31.1 Å². The zero-order chi connectivity index (χ0) is 37.9. The molecular formula is C41H49F3N4O4S. The molecule has 12 heteroatoms. The highest BCUT2D eigenvalue weighted by Gasteiger charge is 2.34. The smallest absolute Gasteiger partial charge is 0.416 e. The fourth-order valence-corrected chi connectivity index (χ4v) is 8.78. The van der Waals surface area contributed by atoms with Gasteiger partial charge in [0.15, 0.2) is 9.84 Å². The Hall–Kier alpha value is -4.00. The number of hydrogen-bond donors (Lipinski definition) is 1. The lowest BCUT2D eigenvalue weighted by molar-refractivity contribution is -0.137. The minimum atomic E-state index is -4.60. The van der Waals surface area contributed by atoms with E-state index >= 15 is 0 Å². The quantitative estimate of drug-likeness (QED) is 0.165. The Morgan fingerprint density at radius 2 is 1.64 bits per heavy atom. The summed E-state index contributed by atoms with van der Waals surface area (Å²) in [6.07, 6.45) is 0.910. The fourth-order valence-electron chi connectivity index (χ4n) is 7.59. The van der Waals surface area contributed by atoms with E-state index < -0.39 is 38.8 Å². The van der Waals surface area contributed by atoms with Gasteiger partial charge < -0.3 is 15.0 Å². The van der Waals surface area contributed by atoms with Crippen LogP contribution < -0.4 is 10.1 Å². The van der Waals surface area contributed by atoms with E-state index in [1.807, 2.05) is 37.3 Å². The number of hydrogen-bond acceptors (Lipinski definition) is 7. The highest BCUT2D eigenvalue weighted by molar-refractivity contribution is 7.92. The largest absolute Gasteiger partial charge is 0.492 e. The molecule has 0 saturated carbocycles. The lowest BCUT2D eigenvalue weighted by Gasteiger charge is -2.40. The van der Waals surface area contributed by atoms with Crippen molar-refractivity contribution >= 4 is 26.6 Å². The molecule has 1 N–H and O–H groups in total. The summed E-state index contributed by atoms with van der Waals surface area (Å²) in [5, 5.41) is 2.62. The van der Waals surface area contributed by atoms with Crippen molar-refractivity contribution in [1.29, 1.82) is 0 Å². The van der Waals surface area contributed by atoms with Crippen LogP contribution in [0.2, 0.25) is 0 Å². The lowest BCUT2D eigenvalue weighted by atomic mass is 9.93. The van der Waals surface area contributed by atoms with Crippen molar-refractivity contribution in [2.24, 2.45) is 0 Å². The molecule has 1 amide bonds. The number of carbonyl (C=O) groups excluding carboxylic acids is 1. The number of amides is 1. The average Bonchev–Trinajstić information content (AvgIpc) is 3.15. The minimum absolute atomic E-state index is 0.0612. The Labute approximate surface area is 310 Å². The molecule has 3 aromatic carbocycles. The van der Waals surface area contributed by atoms with Crippen molar-refractivity contribution in [3.63, 3.8) is 0 Å². The summed E-state index contributed by atoms with van der Waals surface area (Å²) < 4.78 is 75.7. The third-order valence-corrected chi connectivity index (χ3v) is 12.7. The van der Waals surface area contributed by atoms with Crippen LogP contribution in [-0.4, -0.2) is 73.2 Å². The molecule has 284 valence electrons. The van der Waals surface area contributed by atoms with Gasteiger partial charge in [-0.15, -0.1) is 0 Å². The van der Waals surface area contributed by atoms with Crippen LogP contribution in [0.15, 0.2) is 71.6 Å². The number of likely N-dealkylation sites (tertiary alicyclic amines) is 2. The van der Waals surface area contributed by atoms with Crippen LogP contribution >= 0.6 is 0 Å². The molecule has 1 atom stereocenters. The van der Waals surface area contributed by atoms with Gasteiger partial charge in [-0.1, -0.05) is 48.9 Å².